The molecule has 0 fully saturated rings. The van der Waals surface area contributed by atoms with Gasteiger partial charge in [0.05, 0.1) is 0 Å². The lowest BCUT2D eigenvalue weighted by atomic mass is 10.1. The van der Waals surface area contributed by atoms with Gasteiger partial charge in [0.25, 0.3) is 0 Å². The number of nitrogens with two attached hydrogens (primary N) is 1. The van der Waals surface area contributed by atoms with Gasteiger partial charge in [-0.15, -0.1) is 0 Å². The first-order chi connectivity index (χ1) is 7.06. The number of aryl methyl sites for hydroxylation is 1. The Labute approximate surface area is 93.2 Å². The quantitative estimate of drug-likeness (QED) is 0.853. The first-order valence-corrected chi connectivity index (χ1v) is 5.25. The average Bonchev–Trinajstić information content (AvgIpc) is 2.44. The van der Waals surface area contributed by atoms with E-state index in [-0.39, 0.29) is 6.04 Å². The van der Waals surface area contributed by atoms with E-state index in [0.29, 0.717) is 10.9 Å². The van der Waals surface area contributed by atoms with Crippen molar-refractivity contribution in [2.45, 2.75) is 26.3 Å². The standard InChI is InChI=1S/C11H13ClN2O/c1-6(13)3-8-4-9(12)5-10-11(8)15-7(2)14-10/h4-6H,3,13H2,1-2H3. The molecule has 2 aromatic rings. The Kier molecular flexibility index (Phi) is 2.67. The molecule has 2 rings (SSSR count). The van der Waals surface area contributed by atoms with Gasteiger partial charge in [0.1, 0.15) is 5.52 Å². The van der Waals surface area contributed by atoms with Gasteiger partial charge in [-0.2, -0.15) is 0 Å². The Hall–Kier alpha value is -1.06. The minimum absolute atomic E-state index is 0.0806. The van der Waals surface area contributed by atoms with Crippen molar-refractivity contribution in [2.75, 3.05) is 0 Å². The van der Waals surface area contributed by atoms with Crippen molar-refractivity contribution in [3.05, 3.63) is 28.6 Å². The van der Waals surface area contributed by atoms with Gasteiger partial charge in [0, 0.05) is 23.6 Å². The second kappa shape index (κ2) is 3.83. The Bertz CT molecular complexity index is 491. The van der Waals surface area contributed by atoms with Crippen molar-refractivity contribution in [3.63, 3.8) is 0 Å². The highest BCUT2D eigenvalue weighted by Gasteiger charge is 2.10. The van der Waals surface area contributed by atoms with Crippen LogP contribution in [0.4, 0.5) is 0 Å². The van der Waals surface area contributed by atoms with Crippen LogP contribution < -0.4 is 5.73 Å². The zero-order chi connectivity index (χ0) is 11.0. The molecule has 1 aromatic heterocycles. The number of rotatable bonds is 2. The third-order valence-corrected chi connectivity index (χ3v) is 2.40. The summed E-state index contributed by atoms with van der Waals surface area (Å²) in [4.78, 5) is 4.25. The SMILES string of the molecule is Cc1nc2cc(Cl)cc(CC(C)N)c2o1. The van der Waals surface area contributed by atoms with Gasteiger partial charge in [0.2, 0.25) is 0 Å². The van der Waals surface area contributed by atoms with E-state index in [1.165, 1.54) is 0 Å². The summed E-state index contributed by atoms with van der Waals surface area (Å²) in [7, 11) is 0. The lowest BCUT2D eigenvalue weighted by molar-refractivity contribution is 0.555. The van der Waals surface area contributed by atoms with Crippen LogP contribution in [0.1, 0.15) is 18.4 Å². The molecule has 0 saturated carbocycles. The van der Waals surface area contributed by atoms with Gasteiger partial charge in [-0.05, 0) is 25.5 Å². The molecular weight excluding hydrogens is 212 g/mol. The Morgan fingerprint density at radius 1 is 1.53 bits per heavy atom. The molecule has 0 bridgehead atoms. The molecule has 0 amide bonds. The number of hydrogen-bond donors (Lipinski definition) is 1. The molecule has 0 aliphatic rings. The van der Waals surface area contributed by atoms with Gasteiger partial charge < -0.3 is 10.2 Å². The zero-order valence-electron chi connectivity index (χ0n) is 8.75. The molecule has 0 radical (unpaired) electrons. The molecular formula is C11H13ClN2O. The van der Waals surface area contributed by atoms with Crippen molar-refractivity contribution in [1.29, 1.82) is 0 Å². The van der Waals surface area contributed by atoms with Crippen LogP contribution in [-0.2, 0) is 6.42 Å². The highest BCUT2D eigenvalue weighted by Crippen LogP contribution is 2.25. The summed E-state index contributed by atoms with van der Waals surface area (Å²) in [5.41, 5.74) is 8.39. The molecule has 80 valence electrons. The summed E-state index contributed by atoms with van der Waals surface area (Å²) in [6.45, 7) is 3.78. The Morgan fingerprint density at radius 3 is 2.93 bits per heavy atom. The molecule has 4 heteroatoms. The smallest absolute Gasteiger partial charge is 0.192 e. The first kappa shape index (κ1) is 10.5. The van der Waals surface area contributed by atoms with Gasteiger partial charge in [-0.3, -0.25) is 0 Å². The third-order valence-electron chi connectivity index (χ3n) is 2.18. The van der Waals surface area contributed by atoms with Crippen molar-refractivity contribution in [1.82, 2.24) is 4.98 Å². The molecule has 1 aromatic carbocycles. The van der Waals surface area contributed by atoms with Crippen LogP contribution >= 0.6 is 11.6 Å². The number of aromatic nitrogens is 1. The molecule has 2 N–H and O–H groups in total. The van der Waals surface area contributed by atoms with Crippen LogP contribution in [0.5, 0.6) is 0 Å². The third kappa shape index (κ3) is 2.13. The molecule has 0 saturated heterocycles. The highest BCUT2D eigenvalue weighted by atomic mass is 35.5. The number of halogens is 1. The van der Waals surface area contributed by atoms with Gasteiger partial charge in [0.15, 0.2) is 11.5 Å². The molecule has 0 aliphatic carbocycles. The van der Waals surface area contributed by atoms with E-state index in [0.717, 1.165) is 23.1 Å². The van der Waals surface area contributed by atoms with Crippen LogP contribution in [0.2, 0.25) is 5.02 Å². The Morgan fingerprint density at radius 2 is 2.27 bits per heavy atom. The average molecular weight is 225 g/mol. The van der Waals surface area contributed by atoms with E-state index in [4.69, 9.17) is 21.8 Å². The lowest BCUT2D eigenvalue weighted by Crippen LogP contribution is -2.17. The number of benzene rings is 1. The van der Waals surface area contributed by atoms with Crippen LogP contribution in [-0.4, -0.2) is 11.0 Å². The Balaban J connectivity index is 2.59. The van der Waals surface area contributed by atoms with E-state index in [2.05, 4.69) is 4.98 Å². The maximum absolute atomic E-state index is 5.99. The summed E-state index contributed by atoms with van der Waals surface area (Å²) in [6, 6.07) is 3.77. The summed E-state index contributed by atoms with van der Waals surface area (Å²) < 4.78 is 5.53. The summed E-state index contributed by atoms with van der Waals surface area (Å²) in [5, 5.41) is 0.673. The summed E-state index contributed by atoms with van der Waals surface area (Å²) >= 11 is 5.99. The molecule has 1 atom stereocenters. The molecule has 1 heterocycles. The molecule has 3 nitrogen and oxygen atoms in total. The minimum Gasteiger partial charge on any atom is -0.441 e. The summed E-state index contributed by atoms with van der Waals surface area (Å²) in [6.07, 6.45) is 0.742. The predicted octanol–water partition coefficient (Wildman–Crippen LogP) is 2.68. The maximum Gasteiger partial charge on any atom is 0.192 e. The molecule has 0 spiro atoms. The number of oxazole rings is 1. The van der Waals surface area contributed by atoms with Crippen LogP contribution in [0, 0.1) is 6.92 Å². The zero-order valence-corrected chi connectivity index (χ0v) is 9.51. The fourth-order valence-corrected chi connectivity index (χ4v) is 1.91. The van der Waals surface area contributed by atoms with E-state index < -0.39 is 0 Å². The van der Waals surface area contributed by atoms with E-state index >= 15 is 0 Å². The molecule has 15 heavy (non-hydrogen) atoms. The van der Waals surface area contributed by atoms with Crippen LogP contribution in [0.3, 0.4) is 0 Å². The van der Waals surface area contributed by atoms with Gasteiger partial charge in [-0.1, -0.05) is 11.6 Å². The number of fused-ring (bicyclic) bond motifs is 1. The van der Waals surface area contributed by atoms with Crippen molar-refractivity contribution in [3.8, 4) is 0 Å². The first-order valence-electron chi connectivity index (χ1n) is 4.87. The minimum atomic E-state index is 0.0806. The van der Waals surface area contributed by atoms with E-state index in [1.54, 1.807) is 6.07 Å². The van der Waals surface area contributed by atoms with Gasteiger partial charge >= 0.3 is 0 Å². The monoisotopic (exact) mass is 224 g/mol. The van der Waals surface area contributed by atoms with Crippen LogP contribution in [0.15, 0.2) is 16.5 Å². The molecule has 0 aliphatic heterocycles. The van der Waals surface area contributed by atoms with E-state index in [9.17, 15) is 0 Å². The number of hydrogen-bond acceptors (Lipinski definition) is 3. The van der Waals surface area contributed by atoms with Crippen molar-refractivity contribution in [2.24, 2.45) is 5.73 Å². The largest absolute Gasteiger partial charge is 0.441 e. The number of nitrogens with zero attached hydrogens (tertiary/aromatic N) is 1. The highest BCUT2D eigenvalue weighted by molar-refractivity contribution is 6.31. The van der Waals surface area contributed by atoms with Crippen molar-refractivity contribution >= 4 is 22.7 Å². The van der Waals surface area contributed by atoms with Gasteiger partial charge in [-0.25, -0.2) is 4.98 Å². The summed E-state index contributed by atoms with van der Waals surface area (Å²) in [5.74, 6) is 0.651. The fourth-order valence-electron chi connectivity index (χ4n) is 1.67. The second-order valence-electron chi connectivity index (χ2n) is 3.83. The maximum atomic E-state index is 5.99. The fraction of sp³-hybridized carbons (Fsp3) is 0.364. The predicted molar refractivity (Wildman–Crippen MR) is 61.1 cm³/mol. The second-order valence-corrected chi connectivity index (χ2v) is 4.26. The lowest BCUT2D eigenvalue weighted by Gasteiger charge is -2.05. The molecule has 1 unspecified atom stereocenters. The topological polar surface area (TPSA) is 52.0 Å². The normalized spacial score (nSPS) is 13.3. The van der Waals surface area contributed by atoms with Crippen LogP contribution in [0.25, 0.3) is 11.1 Å². The van der Waals surface area contributed by atoms with E-state index in [1.807, 2.05) is 19.9 Å². The van der Waals surface area contributed by atoms with Crippen molar-refractivity contribution < 1.29 is 4.42 Å².